The van der Waals surface area contributed by atoms with Crippen LogP contribution in [0.15, 0.2) is 30.3 Å². The van der Waals surface area contributed by atoms with E-state index in [4.69, 9.17) is 11.8 Å². The Bertz CT molecular complexity index is 412. The Balaban J connectivity index is 2.07. The highest BCUT2D eigenvalue weighted by molar-refractivity contribution is 7.99. The number of anilines is 1. The molecule has 0 saturated carbocycles. The number of rotatable bonds is 2. The van der Waals surface area contributed by atoms with Gasteiger partial charge in [-0.15, -0.1) is 4.53 Å². The Morgan fingerprint density at radius 1 is 1.47 bits per heavy atom. The van der Waals surface area contributed by atoms with Crippen molar-refractivity contribution in [2.45, 2.75) is 24.6 Å². The van der Waals surface area contributed by atoms with E-state index in [1.807, 2.05) is 44.2 Å². The van der Waals surface area contributed by atoms with Crippen LogP contribution in [0.5, 0.6) is 0 Å². The number of para-hydroxylation sites is 1. The summed E-state index contributed by atoms with van der Waals surface area (Å²) in [5.41, 5.74) is 0.354. The van der Waals surface area contributed by atoms with Gasteiger partial charge in [-0.25, -0.2) is 0 Å². The van der Waals surface area contributed by atoms with Gasteiger partial charge >= 0.3 is 0 Å². The van der Waals surface area contributed by atoms with Crippen molar-refractivity contribution in [2.75, 3.05) is 5.32 Å². The Morgan fingerprint density at radius 3 is 2.65 bits per heavy atom. The molecular formula is C11H14ClN3OS. The van der Waals surface area contributed by atoms with Gasteiger partial charge in [0.05, 0.1) is 5.54 Å². The van der Waals surface area contributed by atoms with E-state index in [0.29, 0.717) is 0 Å². The lowest BCUT2D eigenvalue weighted by Gasteiger charge is -2.27. The molecule has 1 aliphatic heterocycles. The monoisotopic (exact) mass is 271 g/mol. The number of halogens is 1. The first-order valence-electron chi connectivity index (χ1n) is 5.25. The maximum absolute atomic E-state index is 12.1. The average Bonchev–Trinajstić information content (AvgIpc) is 2.55. The molecule has 1 aliphatic rings. The van der Waals surface area contributed by atoms with Crippen molar-refractivity contribution in [3.63, 3.8) is 0 Å². The first-order valence-corrected chi connectivity index (χ1v) is 6.47. The van der Waals surface area contributed by atoms with Gasteiger partial charge in [0.2, 0.25) is 5.91 Å². The van der Waals surface area contributed by atoms with Gasteiger partial charge in [0.15, 0.2) is 0 Å². The standard InChI is InChI=1S/C11H14ClN3OS/c1-11(2)9(17-14-15(11)12)10(16)13-8-6-4-3-5-7-8/h3-7,9,14H,1-2H3,(H,13,16). The fourth-order valence-corrected chi connectivity index (χ4v) is 2.84. The Hall–Kier alpha value is -0.750. The van der Waals surface area contributed by atoms with E-state index >= 15 is 0 Å². The Kier molecular flexibility index (Phi) is 3.63. The minimum atomic E-state index is -0.439. The van der Waals surface area contributed by atoms with Gasteiger partial charge in [-0.2, -0.15) is 4.83 Å². The zero-order valence-electron chi connectivity index (χ0n) is 9.61. The van der Waals surface area contributed by atoms with Gasteiger partial charge in [-0.05, 0) is 37.8 Å². The van der Waals surface area contributed by atoms with Crippen LogP contribution in [0.4, 0.5) is 5.69 Å². The maximum Gasteiger partial charge on any atom is 0.240 e. The molecule has 2 N–H and O–H groups in total. The number of benzene rings is 1. The number of nitrogens with one attached hydrogen (secondary N) is 2. The summed E-state index contributed by atoms with van der Waals surface area (Å²) in [6, 6.07) is 9.39. The first-order chi connectivity index (χ1) is 8.01. The summed E-state index contributed by atoms with van der Waals surface area (Å²) in [5.74, 6) is -0.0538. The van der Waals surface area contributed by atoms with Crippen LogP contribution in [0, 0.1) is 0 Å². The lowest BCUT2D eigenvalue weighted by Crippen LogP contribution is -2.46. The molecule has 1 atom stereocenters. The smallest absolute Gasteiger partial charge is 0.240 e. The topological polar surface area (TPSA) is 44.4 Å². The van der Waals surface area contributed by atoms with E-state index in [0.717, 1.165) is 5.69 Å². The highest BCUT2D eigenvalue weighted by Crippen LogP contribution is 2.35. The predicted molar refractivity (Wildman–Crippen MR) is 71.4 cm³/mol. The predicted octanol–water partition coefficient (Wildman–Crippen LogP) is 2.39. The van der Waals surface area contributed by atoms with Crippen LogP contribution in [0.2, 0.25) is 0 Å². The van der Waals surface area contributed by atoms with Crippen LogP contribution in [0.25, 0.3) is 0 Å². The fraction of sp³-hybridized carbons (Fsp3) is 0.364. The number of nitrogens with zero attached hydrogens (tertiary/aromatic N) is 1. The lowest BCUT2D eigenvalue weighted by molar-refractivity contribution is -0.117. The number of hydrogen-bond acceptors (Lipinski definition) is 4. The molecule has 17 heavy (non-hydrogen) atoms. The second-order valence-corrected chi connectivity index (χ2v) is 5.61. The Labute approximate surface area is 110 Å². The summed E-state index contributed by atoms with van der Waals surface area (Å²) in [4.78, 5) is 15.0. The van der Waals surface area contributed by atoms with E-state index in [2.05, 4.69) is 10.1 Å². The summed E-state index contributed by atoms with van der Waals surface area (Å²) in [5, 5.41) is 2.61. The van der Waals surface area contributed by atoms with Gasteiger partial charge in [0.1, 0.15) is 5.25 Å². The average molecular weight is 272 g/mol. The van der Waals surface area contributed by atoms with Gasteiger partial charge in [-0.3, -0.25) is 4.79 Å². The summed E-state index contributed by atoms with van der Waals surface area (Å²) in [6.45, 7) is 3.84. The quantitative estimate of drug-likeness (QED) is 0.640. The molecule has 1 fully saturated rings. The van der Waals surface area contributed by atoms with E-state index in [1.54, 1.807) is 0 Å². The molecule has 1 unspecified atom stereocenters. The summed E-state index contributed by atoms with van der Waals surface area (Å²) in [7, 11) is 0. The first kappa shape index (κ1) is 12.7. The van der Waals surface area contributed by atoms with Crippen molar-refractivity contribution in [3.8, 4) is 0 Å². The van der Waals surface area contributed by atoms with Crippen molar-refractivity contribution < 1.29 is 4.79 Å². The van der Waals surface area contributed by atoms with Crippen LogP contribution >= 0.6 is 23.7 Å². The molecule has 2 rings (SSSR count). The van der Waals surface area contributed by atoms with Crippen molar-refractivity contribution in [1.29, 1.82) is 0 Å². The number of carbonyl (C=O) groups is 1. The SMILES string of the molecule is CC1(C)C(C(=O)Nc2ccccc2)SNN1Cl. The molecule has 0 aliphatic carbocycles. The number of hydrogen-bond donors (Lipinski definition) is 2. The second kappa shape index (κ2) is 4.86. The van der Waals surface area contributed by atoms with Crippen LogP contribution < -0.4 is 10.1 Å². The summed E-state index contributed by atoms with van der Waals surface area (Å²) >= 11 is 7.28. The van der Waals surface area contributed by atoms with E-state index < -0.39 is 5.54 Å². The van der Waals surface area contributed by atoms with Crippen molar-refractivity contribution in [1.82, 2.24) is 9.36 Å². The molecule has 92 valence electrons. The molecule has 6 heteroatoms. The molecule has 1 amide bonds. The van der Waals surface area contributed by atoms with Crippen molar-refractivity contribution in [2.24, 2.45) is 0 Å². The van der Waals surface area contributed by atoms with E-state index in [1.165, 1.54) is 16.5 Å². The van der Waals surface area contributed by atoms with E-state index in [-0.39, 0.29) is 11.2 Å². The maximum atomic E-state index is 12.1. The Morgan fingerprint density at radius 2 is 2.12 bits per heavy atom. The molecule has 1 saturated heterocycles. The third kappa shape index (κ3) is 2.57. The lowest BCUT2D eigenvalue weighted by atomic mass is 10.0. The molecule has 1 aromatic carbocycles. The third-order valence-electron chi connectivity index (χ3n) is 2.68. The molecule has 0 radical (unpaired) electrons. The molecule has 1 aromatic rings. The van der Waals surface area contributed by atoms with Gasteiger partial charge in [0.25, 0.3) is 0 Å². The number of amides is 1. The molecule has 0 spiro atoms. The van der Waals surface area contributed by atoms with Gasteiger partial charge in [-0.1, -0.05) is 30.1 Å². The highest BCUT2D eigenvalue weighted by Gasteiger charge is 2.46. The zero-order chi connectivity index (χ0) is 12.5. The van der Waals surface area contributed by atoms with Crippen LogP contribution in [-0.2, 0) is 4.79 Å². The number of hydrazine groups is 1. The molecule has 0 bridgehead atoms. The molecular weight excluding hydrogens is 258 g/mol. The zero-order valence-corrected chi connectivity index (χ0v) is 11.2. The minimum Gasteiger partial charge on any atom is -0.325 e. The summed E-state index contributed by atoms with van der Waals surface area (Å²) in [6.07, 6.45) is 0. The van der Waals surface area contributed by atoms with Gasteiger partial charge in [0, 0.05) is 5.69 Å². The van der Waals surface area contributed by atoms with Crippen molar-refractivity contribution in [3.05, 3.63) is 30.3 Å². The molecule has 4 nitrogen and oxygen atoms in total. The van der Waals surface area contributed by atoms with Crippen LogP contribution in [-0.4, -0.2) is 21.2 Å². The number of carbonyl (C=O) groups excluding carboxylic acids is 1. The van der Waals surface area contributed by atoms with Gasteiger partial charge < -0.3 is 5.32 Å². The van der Waals surface area contributed by atoms with Crippen LogP contribution in [0.1, 0.15) is 13.8 Å². The summed E-state index contributed by atoms with van der Waals surface area (Å²) < 4.78 is 1.44. The fourth-order valence-electron chi connectivity index (χ4n) is 1.57. The third-order valence-corrected chi connectivity index (χ3v) is 4.61. The largest absolute Gasteiger partial charge is 0.325 e. The second-order valence-electron chi connectivity index (χ2n) is 4.38. The molecule has 1 heterocycles. The minimum absolute atomic E-state index is 0.0538. The highest BCUT2D eigenvalue weighted by atomic mass is 35.5. The molecule has 0 aromatic heterocycles. The van der Waals surface area contributed by atoms with E-state index in [9.17, 15) is 4.79 Å². The van der Waals surface area contributed by atoms with Crippen LogP contribution in [0.3, 0.4) is 0 Å². The van der Waals surface area contributed by atoms with Crippen molar-refractivity contribution >= 4 is 35.3 Å². The normalized spacial score (nSPS) is 23.6.